The number of pyridine rings is 1. The van der Waals surface area contributed by atoms with Gasteiger partial charge in [-0.2, -0.15) is 13.2 Å². The van der Waals surface area contributed by atoms with E-state index in [9.17, 15) is 18.0 Å². The Hall–Kier alpha value is -3.05. The summed E-state index contributed by atoms with van der Waals surface area (Å²) in [5.41, 5.74) is 12.6. The van der Waals surface area contributed by atoms with E-state index in [4.69, 9.17) is 27.5 Å². The second kappa shape index (κ2) is 9.21. The first-order valence-electron chi connectivity index (χ1n) is 9.59. The highest BCUT2D eigenvalue weighted by atomic mass is 35.5. The van der Waals surface area contributed by atoms with Gasteiger partial charge < -0.3 is 26.1 Å². The van der Waals surface area contributed by atoms with Crippen molar-refractivity contribution in [1.82, 2.24) is 15.2 Å². The van der Waals surface area contributed by atoms with Gasteiger partial charge in [0.25, 0.3) is 5.91 Å². The third-order valence-electron chi connectivity index (χ3n) is 5.05. The summed E-state index contributed by atoms with van der Waals surface area (Å²) in [6, 6.07) is 0.768. The molecule has 0 spiro atoms. The van der Waals surface area contributed by atoms with Gasteiger partial charge in [-0.25, -0.2) is 0 Å². The number of anilines is 1. The van der Waals surface area contributed by atoms with Gasteiger partial charge in [-0.1, -0.05) is 17.7 Å². The standard InChI is InChI=1S/C20H22ClF3N6O2/c1-3-14(30-8-10(20(22,23)24)4-12(25)9-30)13(7-27-2)29-19(31)16-17-15(32-18(16)26)5-11(21)6-28-17/h3,5-7,10,12H,2,4,8-9,25-26H2,1H3,(H,29,31)/b13-7+,14-3+/t10-,12+/m1/s1. The van der Waals surface area contributed by atoms with Gasteiger partial charge in [-0.05, 0) is 20.1 Å². The van der Waals surface area contributed by atoms with Crippen LogP contribution in [0.25, 0.3) is 11.1 Å². The fourth-order valence-electron chi connectivity index (χ4n) is 3.71. The van der Waals surface area contributed by atoms with E-state index in [1.807, 2.05) is 0 Å². The topological polar surface area (TPSA) is 123 Å². The number of nitrogens with two attached hydrogens (primary N) is 2. The molecule has 3 rings (SSSR count). The summed E-state index contributed by atoms with van der Waals surface area (Å²) in [5.74, 6) is -2.46. The van der Waals surface area contributed by atoms with Gasteiger partial charge in [0, 0.05) is 31.4 Å². The van der Waals surface area contributed by atoms with E-state index in [-0.39, 0.29) is 47.8 Å². The van der Waals surface area contributed by atoms with Crippen LogP contribution in [-0.2, 0) is 0 Å². The summed E-state index contributed by atoms with van der Waals surface area (Å²) < 4.78 is 45.5. The second-order valence-electron chi connectivity index (χ2n) is 7.33. The Morgan fingerprint density at radius 2 is 2.19 bits per heavy atom. The lowest BCUT2D eigenvalue weighted by molar-refractivity contribution is -0.186. The number of nitrogen functional groups attached to an aromatic ring is 1. The summed E-state index contributed by atoms with van der Waals surface area (Å²) in [5, 5.41) is 2.93. The van der Waals surface area contributed by atoms with Crippen LogP contribution >= 0.6 is 11.6 Å². The van der Waals surface area contributed by atoms with E-state index in [2.05, 4.69) is 22.0 Å². The highest BCUT2D eigenvalue weighted by Gasteiger charge is 2.44. The minimum Gasteiger partial charge on any atom is -0.438 e. The number of aromatic nitrogens is 1. The van der Waals surface area contributed by atoms with Crippen molar-refractivity contribution >= 4 is 41.2 Å². The smallest absolute Gasteiger partial charge is 0.393 e. The highest BCUT2D eigenvalue weighted by Crippen LogP contribution is 2.35. The number of nitrogens with one attached hydrogen (secondary N) is 1. The van der Waals surface area contributed by atoms with Crippen LogP contribution in [0.15, 0.2) is 45.3 Å². The molecule has 1 amide bonds. The zero-order valence-corrected chi connectivity index (χ0v) is 17.9. The maximum absolute atomic E-state index is 13.4. The number of allylic oxidation sites excluding steroid dienone is 1. The van der Waals surface area contributed by atoms with E-state index in [0.29, 0.717) is 10.7 Å². The summed E-state index contributed by atoms with van der Waals surface area (Å²) in [7, 11) is 0. The van der Waals surface area contributed by atoms with Gasteiger partial charge in [-0.15, -0.1) is 0 Å². The first-order chi connectivity index (χ1) is 15.0. The number of nitrogens with zero attached hydrogens (tertiary/aromatic N) is 3. The van der Waals surface area contributed by atoms with E-state index in [0.717, 1.165) is 0 Å². The third-order valence-corrected chi connectivity index (χ3v) is 5.26. The molecule has 1 saturated heterocycles. The molecular formula is C20H22ClF3N6O2. The van der Waals surface area contributed by atoms with Gasteiger partial charge in [0.05, 0.1) is 28.5 Å². The van der Waals surface area contributed by atoms with Crippen molar-refractivity contribution in [2.45, 2.75) is 25.6 Å². The average Bonchev–Trinajstić information content (AvgIpc) is 3.02. The number of piperidine rings is 1. The van der Waals surface area contributed by atoms with E-state index >= 15 is 0 Å². The van der Waals surface area contributed by atoms with Crippen molar-refractivity contribution < 1.29 is 22.4 Å². The number of likely N-dealkylation sites (tertiary alicyclic amines) is 1. The molecule has 0 aromatic carbocycles. The number of furan rings is 1. The maximum atomic E-state index is 13.4. The van der Waals surface area contributed by atoms with Crippen molar-refractivity contribution in [3.05, 3.63) is 46.5 Å². The molecular weight excluding hydrogens is 449 g/mol. The number of amides is 1. The first kappa shape index (κ1) is 23.6. The number of rotatable bonds is 5. The van der Waals surface area contributed by atoms with Crippen molar-refractivity contribution in [3.63, 3.8) is 0 Å². The molecule has 172 valence electrons. The SMILES string of the molecule is C=N/C=C(NC(=O)c1c(N)oc2cc(Cl)cnc12)\C(=C/C)N1C[C@@H](N)C[C@@H](C(F)(F)F)C1. The number of aliphatic imine (C=N–C) groups is 1. The number of carbonyl (C=O) groups is 1. The van der Waals surface area contributed by atoms with Crippen LogP contribution in [0.1, 0.15) is 23.7 Å². The van der Waals surface area contributed by atoms with Crippen molar-refractivity contribution in [3.8, 4) is 0 Å². The lowest BCUT2D eigenvalue weighted by Crippen LogP contribution is -2.51. The van der Waals surface area contributed by atoms with Gasteiger partial charge in [0.2, 0.25) is 5.88 Å². The Morgan fingerprint density at radius 1 is 1.47 bits per heavy atom. The largest absolute Gasteiger partial charge is 0.438 e. The summed E-state index contributed by atoms with van der Waals surface area (Å²) in [6.45, 7) is 4.88. The van der Waals surface area contributed by atoms with Crippen molar-refractivity contribution in [2.75, 3.05) is 18.8 Å². The molecule has 0 saturated carbocycles. The van der Waals surface area contributed by atoms with Gasteiger partial charge in [-0.3, -0.25) is 14.8 Å². The Balaban J connectivity index is 1.91. The Kier molecular flexibility index (Phi) is 6.79. The molecule has 0 bridgehead atoms. The molecule has 0 radical (unpaired) electrons. The summed E-state index contributed by atoms with van der Waals surface area (Å²) in [6.07, 6.45) is -0.429. The molecule has 1 fully saturated rings. The number of fused-ring (bicyclic) bond motifs is 1. The maximum Gasteiger partial charge on any atom is 0.393 e. The predicted molar refractivity (Wildman–Crippen MR) is 116 cm³/mol. The number of alkyl halides is 3. The molecule has 2 aromatic rings. The zero-order valence-electron chi connectivity index (χ0n) is 17.1. The minimum absolute atomic E-state index is 0.0365. The monoisotopic (exact) mass is 470 g/mol. The lowest BCUT2D eigenvalue weighted by atomic mass is 9.93. The molecule has 5 N–H and O–H groups in total. The molecule has 0 unspecified atom stereocenters. The minimum atomic E-state index is -4.39. The molecule has 3 heterocycles. The number of hydrogen-bond acceptors (Lipinski definition) is 7. The number of hydrogen-bond donors (Lipinski definition) is 3. The predicted octanol–water partition coefficient (Wildman–Crippen LogP) is 3.45. The van der Waals surface area contributed by atoms with E-state index in [1.165, 1.54) is 23.4 Å². The summed E-state index contributed by atoms with van der Waals surface area (Å²) >= 11 is 5.89. The first-order valence-corrected chi connectivity index (χ1v) is 9.97. The van der Waals surface area contributed by atoms with Crippen LogP contribution in [0.5, 0.6) is 0 Å². The van der Waals surface area contributed by atoms with Crippen LogP contribution in [0.3, 0.4) is 0 Å². The van der Waals surface area contributed by atoms with Crippen LogP contribution < -0.4 is 16.8 Å². The molecule has 2 atom stereocenters. The normalized spacial score (nSPS) is 20.5. The zero-order chi connectivity index (χ0) is 23.6. The molecule has 1 aliphatic rings. The van der Waals surface area contributed by atoms with Crippen molar-refractivity contribution in [2.24, 2.45) is 16.6 Å². The molecule has 8 nitrogen and oxygen atoms in total. The molecule has 12 heteroatoms. The summed E-state index contributed by atoms with van der Waals surface area (Å²) in [4.78, 5) is 22.3. The van der Waals surface area contributed by atoms with Crippen LogP contribution in [0.2, 0.25) is 5.02 Å². The second-order valence-corrected chi connectivity index (χ2v) is 7.77. The number of carbonyl (C=O) groups excluding carboxylic acids is 1. The molecule has 32 heavy (non-hydrogen) atoms. The lowest BCUT2D eigenvalue weighted by Gasteiger charge is -2.40. The van der Waals surface area contributed by atoms with Gasteiger partial charge in [0.1, 0.15) is 11.1 Å². The Bertz CT molecular complexity index is 1090. The van der Waals surface area contributed by atoms with Crippen molar-refractivity contribution in [1.29, 1.82) is 0 Å². The van der Waals surface area contributed by atoms with Crippen LogP contribution in [0.4, 0.5) is 19.1 Å². The van der Waals surface area contributed by atoms with Crippen LogP contribution in [-0.4, -0.2) is 47.8 Å². The Labute approximate surface area is 186 Å². The number of halogens is 4. The molecule has 2 aromatic heterocycles. The fraction of sp³-hybridized carbons (Fsp3) is 0.350. The fourth-order valence-corrected chi connectivity index (χ4v) is 3.86. The third kappa shape index (κ3) is 4.89. The van der Waals surface area contributed by atoms with Crippen LogP contribution in [0, 0.1) is 5.92 Å². The highest BCUT2D eigenvalue weighted by molar-refractivity contribution is 6.31. The van der Waals surface area contributed by atoms with E-state index < -0.39 is 24.0 Å². The van der Waals surface area contributed by atoms with Gasteiger partial charge >= 0.3 is 6.18 Å². The van der Waals surface area contributed by atoms with E-state index in [1.54, 1.807) is 13.0 Å². The van der Waals surface area contributed by atoms with Gasteiger partial charge in [0.15, 0.2) is 5.58 Å². The molecule has 0 aliphatic carbocycles. The Morgan fingerprint density at radius 3 is 2.81 bits per heavy atom. The average molecular weight is 471 g/mol. The quantitative estimate of drug-likeness (QED) is 0.454. The molecule has 1 aliphatic heterocycles.